The Morgan fingerprint density at radius 2 is 2.00 bits per heavy atom. The second kappa shape index (κ2) is 7.77. The fourth-order valence-electron chi connectivity index (χ4n) is 2.12. The molecule has 0 radical (unpaired) electrons. The number of nitrogens with two attached hydrogens (primary N) is 1. The molecule has 26 heavy (non-hydrogen) atoms. The Hall–Kier alpha value is -2.56. The maximum atomic E-state index is 12.2. The number of anilines is 1. The number of benzene rings is 1. The first-order valence-corrected chi connectivity index (χ1v) is 8.68. The van der Waals surface area contributed by atoms with E-state index in [4.69, 9.17) is 29.6 Å². The second-order valence-electron chi connectivity index (χ2n) is 5.18. The van der Waals surface area contributed by atoms with Crippen LogP contribution in [0.5, 0.6) is 0 Å². The zero-order valence-corrected chi connectivity index (χ0v) is 16.0. The van der Waals surface area contributed by atoms with Gasteiger partial charge in [-0.15, -0.1) is 11.3 Å². The minimum absolute atomic E-state index is 0.0129. The Bertz CT molecular complexity index is 942. The fraction of sp³-hybridized carbons (Fsp3) is 0.133. The quantitative estimate of drug-likeness (QED) is 0.402. The third-order valence-corrected chi connectivity index (χ3v) is 5.14. The Balaban J connectivity index is 2.17. The normalized spacial score (nSPS) is 10.3. The number of nitrogens with one attached hydrogen (secondary N) is 2. The molecule has 0 aliphatic rings. The smallest absolute Gasteiger partial charge is 0.288 e. The monoisotopic (exact) mass is 412 g/mol. The Kier molecular flexibility index (Phi) is 5.90. The summed E-state index contributed by atoms with van der Waals surface area (Å²) in [6.07, 6.45) is 0. The fourth-order valence-corrected chi connectivity index (χ4v) is 3.63. The van der Waals surface area contributed by atoms with Gasteiger partial charge in [0.05, 0.1) is 10.5 Å². The van der Waals surface area contributed by atoms with E-state index in [1.165, 1.54) is 23.5 Å². The highest BCUT2D eigenvalue weighted by Crippen LogP contribution is 2.32. The van der Waals surface area contributed by atoms with Gasteiger partial charge in [0.2, 0.25) is 0 Å². The molecule has 136 valence electrons. The number of hydrogen-bond donors (Lipinski definition) is 3. The molecule has 2 aromatic rings. The van der Waals surface area contributed by atoms with Crippen LogP contribution in [0.1, 0.15) is 31.2 Å². The molecule has 8 nitrogen and oxygen atoms in total. The number of carbonyl (C=O) groups is 2. The van der Waals surface area contributed by atoms with Crippen LogP contribution in [0.2, 0.25) is 5.02 Å². The predicted molar refractivity (Wildman–Crippen MR) is 104 cm³/mol. The lowest BCUT2D eigenvalue weighted by molar-refractivity contribution is -0.384. The highest BCUT2D eigenvalue weighted by molar-refractivity contribution is 7.80. The molecule has 0 aliphatic carbocycles. The number of aryl methyl sites for hydroxylation is 1. The summed E-state index contributed by atoms with van der Waals surface area (Å²) in [4.78, 5) is 34.9. The van der Waals surface area contributed by atoms with Crippen LogP contribution in [0.3, 0.4) is 0 Å². The topological polar surface area (TPSA) is 127 Å². The molecule has 0 fully saturated rings. The number of halogens is 1. The van der Waals surface area contributed by atoms with Gasteiger partial charge in [-0.25, -0.2) is 0 Å². The average Bonchev–Trinajstić information content (AvgIpc) is 2.81. The first-order valence-electron chi connectivity index (χ1n) is 7.08. The van der Waals surface area contributed by atoms with Crippen molar-refractivity contribution in [2.24, 2.45) is 5.73 Å². The van der Waals surface area contributed by atoms with Gasteiger partial charge in [0, 0.05) is 16.5 Å². The van der Waals surface area contributed by atoms with Gasteiger partial charge in [-0.2, -0.15) is 0 Å². The van der Waals surface area contributed by atoms with Crippen molar-refractivity contribution in [3.8, 4) is 0 Å². The molecule has 1 heterocycles. The van der Waals surface area contributed by atoms with Crippen LogP contribution < -0.4 is 16.4 Å². The molecule has 4 N–H and O–H groups in total. The third kappa shape index (κ3) is 4.15. The summed E-state index contributed by atoms with van der Waals surface area (Å²) in [5.74, 6) is -1.27. The zero-order valence-electron chi connectivity index (χ0n) is 13.6. The second-order valence-corrected chi connectivity index (χ2v) is 7.22. The first kappa shape index (κ1) is 19.8. The van der Waals surface area contributed by atoms with Crippen molar-refractivity contribution in [3.63, 3.8) is 0 Å². The summed E-state index contributed by atoms with van der Waals surface area (Å²) >= 11 is 12.1. The molecule has 11 heteroatoms. The summed E-state index contributed by atoms with van der Waals surface area (Å²) in [7, 11) is 0. The van der Waals surface area contributed by atoms with E-state index in [0.29, 0.717) is 10.6 Å². The molecule has 0 atom stereocenters. The summed E-state index contributed by atoms with van der Waals surface area (Å²) in [5.41, 5.74) is 6.03. The van der Waals surface area contributed by atoms with Crippen LogP contribution in [0.25, 0.3) is 0 Å². The summed E-state index contributed by atoms with van der Waals surface area (Å²) in [6.45, 7) is 3.58. The average molecular weight is 413 g/mol. The van der Waals surface area contributed by atoms with E-state index in [1.54, 1.807) is 6.92 Å². The lowest BCUT2D eigenvalue weighted by Crippen LogP contribution is -2.34. The number of nitro benzene ring substituents is 1. The van der Waals surface area contributed by atoms with E-state index in [9.17, 15) is 19.7 Å². The molecule has 2 rings (SSSR count). The number of carbonyl (C=O) groups excluding carboxylic acids is 2. The minimum atomic E-state index is -0.688. The maximum absolute atomic E-state index is 12.2. The van der Waals surface area contributed by atoms with Gasteiger partial charge in [0.25, 0.3) is 17.5 Å². The van der Waals surface area contributed by atoms with Crippen LogP contribution in [0.4, 0.5) is 10.7 Å². The van der Waals surface area contributed by atoms with Crippen molar-refractivity contribution in [1.29, 1.82) is 0 Å². The van der Waals surface area contributed by atoms with Gasteiger partial charge in [-0.05, 0) is 43.8 Å². The molecular formula is C15H13ClN4O4S2. The Labute approximate surface area is 162 Å². The van der Waals surface area contributed by atoms with Gasteiger partial charge in [-0.3, -0.25) is 25.0 Å². The van der Waals surface area contributed by atoms with E-state index in [-0.39, 0.29) is 15.7 Å². The van der Waals surface area contributed by atoms with Crippen molar-refractivity contribution in [1.82, 2.24) is 5.32 Å². The molecule has 0 aliphatic heterocycles. The molecule has 1 aromatic heterocycles. The van der Waals surface area contributed by atoms with Crippen molar-refractivity contribution in [3.05, 3.63) is 54.9 Å². The molecule has 0 unspecified atom stereocenters. The Morgan fingerprint density at radius 3 is 2.58 bits per heavy atom. The van der Waals surface area contributed by atoms with Crippen molar-refractivity contribution < 1.29 is 14.5 Å². The van der Waals surface area contributed by atoms with Gasteiger partial charge >= 0.3 is 0 Å². The number of nitro groups is 1. The molecule has 0 spiro atoms. The number of primary amides is 1. The number of thiophene rings is 1. The number of hydrogen-bond acceptors (Lipinski definition) is 6. The van der Waals surface area contributed by atoms with Gasteiger partial charge in [-0.1, -0.05) is 11.6 Å². The SMILES string of the molecule is Cc1sc(NC(=S)NC(=O)c2ccc(Cl)c([N+](=O)[O-])c2)c(C(N)=O)c1C. The van der Waals surface area contributed by atoms with E-state index in [0.717, 1.165) is 16.5 Å². The van der Waals surface area contributed by atoms with Crippen molar-refractivity contribution >= 4 is 62.8 Å². The summed E-state index contributed by atoms with van der Waals surface area (Å²) in [5, 5.41) is 16.3. The molecular weight excluding hydrogens is 400 g/mol. The number of amides is 2. The van der Waals surface area contributed by atoms with Gasteiger partial charge < -0.3 is 11.1 Å². The third-order valence-electron chi connectivity index (χ3n) is 3.49. The summed E-state index contributed by atoms with van der Waals surface area (Å²) < 4.78 is 0. The zero-order chi connectivity index (χ0) is 19.6. The van der Waals surface area contributed by atoms with E-state index >= 15 is 0 Å². The predicted octanol–water partition coefficient (Wildman–Crippen LogP) is 3.15. The van der Waals surface area contributed by atoms with Gasteiger partial charge in [0.15, 0.2) is 5.11 Å². The maximum Gasteiger partial charge on any atom is 0.288 e. The van der Waals surface area contributed by atoms with Crippen LogP contribution in [0, 0.1) is 24.0 Å². The van der Waals surface area contributed by atoms with Crippen molar-refractivity contribution in [2.75, 3.05) is 5.32 Å². The van der Waals surface area contributed by atoms with Crippen LogP contribution >= 0.6 is 35.2 Å². The molecule has 0 saturated carbocycles. The molecule has 0 bridgehead atoms. The molecule has 1 aromatic carbocycles. The van der Waals surface area contributed by atoms with E-state index < -0.39 is 22.4 Å². The van der Waals surface area contributed by atoms with Crippen molar-refractivity contribution in [2.45, 2.75) is 13.8 Å². The number of thiocarbonyl (C=S) groups is 1. The summed E-state index contributed by atoms with van der Waals surface area (Å²) in [6, 6.07) is 3.64. The van der Waals surface area contributed by atoms with E-state index in [1.807, 2.05) is 6.92 Å². The largest absolute Gasteiger partial charge is 0.365 e. The minimum Gasteiger partial charge on any atom is -0.365 e. The van der Waals surface area contributed by atoms with E-state index in [2.05, 4.69) is 10.6 Å². The van der Waals surface area contributed by atoms with Crippen LogP contribution in [0.15, 0.2) is 18.2 Å². The standard InChI is InChI=1S/C15H13ClN4O4S2/c1-6-7(2)26-14(11(6)12(17)21)19-15(25)18-13(22)8-3-4-9(16)10(5-8)20(23)24/h3-5H,1-2H3,(H2,17,21)(H2,18,19,22,25). The van der Waals surface area contributed by atoms with Crippen LogP contribution in [-0.4, -0.2) is 21.9 Å². The molecule has 0 saturated heterocycles. The number of rotatable bonds is 4. The van der Waals surface area contributed by atoms with Crippen LogP contribution in [-0.2, 0) is 0 Å². The first-order chi connectivity index (χ1) is 12.1. The highest BCUT2D eigenvalue weighted by Gasteiger charge is 2.20. The lowest BCUT2D eigenvalue weighted by atomic mass is 10.1. The number of nitrogens with zero attached hydrogens (tertiary/aromatic N) is 1. The van der Waals surface area contributed by atoms with Gasteiger partial charge in [0.1, 0.15) is 10.0 Å². The Morgan fingerprint density at radius 1 is 1.35 bits per heavy atom. The highest BCUT2D eigenvalue weighted by atomic mass is 35.5. The molecule has 2 amide bonds. The lowest BCUT2D eigenvalue weighted by Gasteiger charge is -2.09.